The Kier molecular flexibility index (Phi) is 5.46. The Morgan fingerprint density at radius 1 is 1.04 bits per heavy atom. The van der Waals surface area contributed by atoms with E-state index in [4.69, 9.17) is 0 Å². The van der Waals surface area contributed by atoms with Crippen molar-refractivity contribution in [1.82, 2.24) is 14.7 Å². The molecule has 0 unspecified atom stereocenters. The van der Waals surface area contributed by atoms with Crippen LogP contribution in [0.3, 0.4) is 0 Å². The summed E-state index contributed by atoms with van der Waals surface area (Å²) in [6, 6.07) is 3.97. The van der Waals surface area contributed by atoms with E-state index in [0.717, 1.165) is 43.9 Å². The fourth-order valence-electron chi connectivity index (χ4n) is 3.03. The highest BCUT2D eigenvalue weighted by molar-refractivity contribution is 7.10. The van der Waals surface area contributed by atoms with Crippen LogP contribution in [-0.2, 0) is 9.59 Å². The molecule has 0 radical (unpaired) electrons. The zero-order valence-electron chi connectivity index (χ0n) is 13.3. The molecule has 2 aliphatic heterocycles. The average Bonchev–Trinajstić information content (AvgIpc) is 3.26. The fourth-order valence-corrected chi connectivity index (χ4v) is 3.65. The molecule has 0 N–H and O–H groups in total. The van der Waals surface area contributed by atoms with Gasteiger partial charge in [-0.2, -0.15) is 0 Å². The first-order valence-corrected chi connectivity index (χ1v) is 9.11. The molecule has 124 valence electrons. The van der Waals surface area contributed by atoms with Gasteiger partial charge in [-0.15, -0.1) is 11.3 Å². The summed E-state index contributed by atoms with van der Waals surface area (Å²) in [6.45, 7) is 5.25. The Morgan fingerprint density at radius 3 is 2.43 bits per heavy atom. The molecule has 5 nitrogen and oxygen atoms in total. The molecule has 0 atom stereocenters. The highest BCUT2D eigenvalue weighted by atomic mass is 32.1. The largest absolute Gasteiger partial charge is 0.342 e. The molecule has 6 heteroatoms. The van der Waals surface area contributed by atoms with Gasteiger partial charge in [0.05, 0.1) is 6.54 Å². The topological polar surface area (TPSA) is 43.9 Å². The van der Waals surface area contributed by atoms with Gasteiger partial charge in [0.25, 0.3) is 0 Å². The first kappa shape index (κ1) is 16.2. The van der Waals surface area contributed by atoms with Gasteiger partial charge in [0.15, 0.2) is 0 Å². The van der Waals surface area contributed by atoms with Crippen molar-refractivity contribution in [2.24, 2.45) is 0 Å². The Labute approximate surface area is 141 Å². The number of rotatable bonds is 4. The lowest BCUT2D eigenvalue weighted by molar-refractivity contribution is -0.132. The molecule has 2 saturated heterocycles. The minimum absolute atomic E-state index is 0.0592. The van der Waals surface area contributed by atoms with Crippen molar-refractivity contribution in [2.75, 3.05) is 45.8 Å². The van der Waals surface area contributed by atoms with Crippen molar-refractivity contribution >= 4 is 29.2 Å². The molecule has 23 heavy (non-hydrogen) atoms. The quantitative estimate of drug-likeness (QED) is 0.785. The molecule has 2 fully saturated rings. The number of likely N-dealkylation sites (tertiary alicyclic amines) is 1. The summed E-state index contributed by atoms with van der Waals surface area (Å²) in [4.78, 5) is 31.4. The molecule has 3 heterocycles. The van der Waals surface area contributed by atoms with Crippen LogP contribution in [-0.4, -0.2) is 72.3 Å². The lowest BCUT2D eigenvalue weighted by Gasteiger charge is -2.34. The second-order valence-electron chi connectivity index (χ2n) is 6.04. The molecular formula is C17H23N3O2S. The standard InChI is InChI=1S/C17H23N3O2S/c21-16(6-5-15-4-3-13-23-15)20-11-9-18(10-12-20)14-17(22)19-7-1-2-8-19/h3-6,13H,1-2,7-12,14H2/b6-5+. The highest BCUT2D eigenvalue weighted by Gasteiger charge is 2.24. The molecular weight excluding hydrogens is 310 g/mol. The van der Waals surface area contributed by atoms with E-state index in [1.54, 1.807) is 17.4 Å². The third-order valence-corrected chi connectivity index (χ3v) is 5.27. The average molecular weight is 333 g/mol. The van der Waals surface area contributed by atoms with Crippen LogP contribution < -0.4 is 0 Å². The third-order valence-electron chi connectivity index (χ3n) is 4.43. The molecule has 2 aliphatic rings. The van der Waals surface area contributed by atoms with E-state index in [1.165, 1.54) is 0 Å². The summed E-state index contributed by atoms with van der Waals surface area (Å²) in [6.07, 6.45) is 5.78. The smallest absolute Gasteiger partial charge is 0.246 e. The first-order valence-electron chi connectivity index (χ1n) is 8.23. The summed E-state index contributed by atoms with van der Waals surface area (Å²) >= 11 is 1.62. The first-order chi connectivity index (χ1) is 11.2. The SMILES string of the molecule is O=C(/C=C/c1cccs1)N1CCN(CC(=O)N2CCCC2)CC1. The van der Waals surface area contributed by atoms with Gasteiger partial charge in [-0.25, -0.2) is 0 Å². The monoisotopic (exact) mass is 333 g/mol. The van der Waals surface area contributed by atoms with Crippen molar-refractivity contribution in [3.05, 3.63) is 28.5 Å². The zero-order valence-corrected chi connectivity index (χ0v) is 14.1. The van der Waals surface area contributed by atoms with Gasteiger partial charge in [-0.05, 0) is 30.4 Å². The Hall–Kier alpha value is -1.66. The maximum Gasteiger partial charge on any atom is 0.246 e. The second kappa shape index (κ2) is 7.75. The third kappa shape index (κ3) is 4.42. The molecule has 0 bridgehead atoms. The number of carbonyl (C=O) groups excluding carboxylic acids is 2. The molecule has 1 aromatic heterocycles. The van der Waals surface area contributed by atoms with E-state index >= 15 is 0 Å². The van der Waals surface area contributed by atoms with E-state index in [9.17, 15) is 9.59 Å². The number of piperazine rings is 1. The molecule has 0 aromatic carbocycles. The summed E-state index contributed by atoms with van der Waals surface area (Å²) in [5.41, 5.74) is 0. The predicted molar refractivity (Wildman–Crippen MR) is 92.2 cm³/mol. The van der Waals surface area contributed by atoms with Crippen molar-refractivity contribution in [3.8, 4) is 0 Å². The molecule has 1 aromatic rings. The van der Waals surface area contributed by atoms with Crippen molar-refractivity contribution in [2.45, 2.75) is 12.8 Å². The molecule has 0 saturated carbocycles. The Bertz CT molecular complexity index is 556. The number of carbonyl (C=O) groups is 2. The lowest BCUT2D eigenvalue weighted by Crippen LogP contribution is -2.51. The van der Waals surface area contributed by atoms with E-state index in [-0.39, 0.29) is 11.8 Å². The van der Waals surface area contributed by atoms with Crippen LogP contribution in [0.15, 0.2) is 23.6 Å². The predicted octanol–water partition coefficient (Wildman–Crippen LogP) is 1.53. The summed E-state index contributed by atoms with van der Waals surface area (Å²) in [5.74, 6) is 0.295. The molecule has 2 amide bonds. The fraction of sp³-hybridized carbons (Fsp3) is 0.529. The summed E-state index contributed by atoms with van der Waals surface area (Å²) in [5, 5.41) is 2.00. The number of hydrogen-bond donors (Lipinski definition) is 0. The maximum absolute atomic E-state index is 12.2. The van der Waals surface area contributed by atoms with Gasteiger partial charge >= 0.3 is 0 Å². The highest BCUT2D eigenvalue weighted by Crippen LogP contribution is 2.12. The van der Waals surface area contributed by atoms with Gasteiger partial charge in [-0.3, -0.25) is 14.5 Å². The maximum atomic E-state index is 12.2. The van der Waals surface area contributed by atoms with E-state index in [0.29, 0.717) is 19.6 Å². The van der Waals surface area contributed by atoms with Crippen molar-refractivity contribution in [3.63, 3.8) is 0 Å². The van der Waals surface area contributed by atoms with E-state index in [1.807, 2.05) is 33.4 Å². The van der Waals surface area contributed by atoms with Crippen LogP contribution in [0.4, 0.5) is 0 Å². The molecule has 3 rings (SSSR count). The lowest BCUT2D eigenvalue weighted by atomic mass is 10.3. The second-order valence-corrected chi connectivity index (χ2v) is 7.02. The summed E-state index contributed by atoms with van der Waals surface area (Å²) < 4.78 is 0. The van der Waals surface area contributed by atoms with Gasteiger partial charge in [0, 0.05) is 50.2 Å². The van der Waals surface area contributed by atoms with Crippen LogP contribution in [0.25, 0.3) is 6.08 Å². The molecule has 0 aliphatic carbocycles. The van der Waals surface area contributed by atoms with Crippen LogP contribution >= 0.6 is 11.3 Å². The van der Waals surface area contributed by atoms with Gasteiger partial charge in [0.1, 0.15) is 0 Å². The van der Waals surface area contributed by atoms with Gasteiger partial charge < -0.3 is 9.80 Å². The van der Waals surface area contributed by atoms with E-state index in [2.05, 4.69) is 4.90 Å². The zero-order chi connectivity index (χ0) is 16.1. The number of amides is 2. The minimum atomic E-state index is 0.0592. The van der Waals surface area contributed by atoms with Crippen LogP contribution in [0.5, 0.6) is 0 Å². The Morgan fingerprint density at radius 2 is 1.78 bits per heavy atom. The van der Waals surface area contributed by atoms with Crippen LogP contribution in [0.2, 0.25) is 0 Å². The number of hydrogen-bond acceptors (Lipinski definition) is 4. The normalized spacial score (nSPS) is 19.7. The van der Waals surface area contributed by atoms with Crippen LogP contribution in [0.1, 0.15) is 17.7 Å². The number of thiophene rings is 1. The minimum Gasteiger partial charge on any atom is -0.342 e. The van der Waals surface area contributed by atoms with Crippen molar-refractivity contribution < 1.29 is 9.59 Å². The van der Waals surface area contributed by atoms with Gasteiger partial charge in [0.2, 0.25) is 11.8 Å². The number of nitrogens with zero attached hydrogens (tertiary/aromatic N) is 3. The molecule has 0 spiro atoms. The Balaban J connectivity index is 1.42. The van der Waals surface area contributed by atoms with Crippen molar-refractivity contribution in [1.29, 1.82) is 0 Å². The van der Waals surface area contributed by atoms with E-state index < -0.39 is 0 Å². The summed E-state index contributed by atoms with van der Waals surface area (Å²) in [7, 11) is 0. The van der Waals surface area contributed by atoms with Crippen LogP contribution in [0, 0.1) is 0 Å². The van der Waals surface area contributed by atoms with Gasteiger partial charge in [-0.1, -0.05) is 6.07 Å².